The van der Waals surface area contributed by atoms with Crippen molar-refractivity contribution in [1.82, 2.24) is 5.32 Å². The summed E-state index contributed by atoms with van der Waals surface area (Å²) in [7, 11) is -0.823. The van der Waals surface area contributed by atoms with Crippen molar-refractivity contribution in [2.45, 2.75) is 24.7 Å². The second-order valence-electron chi connectivity index (χ2n) is 7.82. The second kappa shape index (κ2) is 11.6. The number of ether oxygens (including phenoxy) is 2. The highest BCUT2D eigenvalue weighted by Gasteiger charge is 2.27. The molecule has 1 N–H and O–H groups in total. The molecule has 3 aromatic carbocycles. The summed E-state index contributed by atoms with van der Waals surface area (Å²) in [5.41, 5.74) is 2.56. The van der Waals surface area contributed by atoms with Crippen molar-refractivity contribution in [3.63, 3.8) is 0 Å². The van der Waals surface area contributed by atoms with E-state index in [1.807, 2.05) is 43.3 Å². The third-order valence-electron chi connectivity index (χ3n) is 5.38. The van der Waals surface area contributed by atoms with E-state index in [9.17, 15) is 13.2 Å². The van der Waals surface area contributed by atoms with Gasteiger partial charge in [0.2, 0.25) is 5.91 Å². The normalized spacial score (nSPS) is 11.0. The van der Waals surface area contributed by atoms with E-state index in [4.69, 9.17) is 9.47 Å². The molecule has 0 heterocycles. The zero-order valence-electron chi connectivity index (χ0n) is 19.7. The summed E-state index contributed by atoms with van der Waals surface area (Å²) in [5.74, 6) is 0.981. The van der Waals surface area contributed by atoms with Gasteiger partial charge in [-0.15, -0.1) is 0 Å². The van der Waals surface area contributed by atoms with Crippen molar-refractivity contribution in [2.75, 3.05) is 31.6 Å². The Bertz CT molecular complexity index is 1180. The quantitative estimate of drug-likeness (QED) is 0.418. The molecule has 34 heavy (non-hydrogen) atoms. The predicted octanol–water partition coefficient (Wildman–Crippen LogP) is 3.96. The summed E-state index contributed by atoms with van der Waals surface area (Å²) in [6.45, 7) is 2.04. The van der Waals surface area contributed by atoms with Crippen LogP contribution in [0.1, 0.15) is 17.5 Å². The van der Waals surface area contributed by atoms with E-state index in [-0.39, 0.29) is 17.3 Å². The summed E-state index contributed by atoms with van der Waals surface area (Å²) in [5, 5.41) is 2.84. The summed E-state index contributed by atoms with van der Waals surface area (Å²) < 4.78 is 38.2. The van der Waals surface area contributed by atoms with Gasteiger partial charge >= 0.3 is 0 Å². The number of sulfonamides is 1. The maximum atomic E-state index is 13.4. The lowest BCUT2D eigenvalue weighted by Crippen LogP contribution is -2.41. The summed E-state index contributed by atoms with van der Waals surface area (Å²) >= 11 is 0. The molecule has 0 fully saturated rings. The highest BCUT2D eigenvalue weighted by Crippen LogP contribution is 2.25. The second-order valence-corrected chi connectivity index (χ2v) is 9.69. The van der Waals surface area contributed by atoms with Crippen LogP contribution in [0.2, 0.25) is 0 Å². The molecule has 3 aromatic rings. The number of aryl methyl sites for hydroxylation is 2. The Morgan fingerprint density at radius 3 is 1.97 bits per heavy atom. The highest BCUT2D eigenvalue weighted by atomic mass is 32.2. The van der Waals surface area contributed by atoms with E-state index in [0.717, 1.165) is 34.0 Å². The lowest BCUT2D eigenvalue weighted by atomic mass is 10.1. The predicted molar refractivity (Wildman–Crippen MR) is 133 cm³/mol. The van der Waals surface area contributed by atoms with E-state index >= 15 is 0 Å². The summed E-state index contributed by atoms with van der Waals surface area (Å²) in [4.78, 5) is 12.8. The van der Waals surface area contributed by atoms with Gasteiger partial charge in [-0.2, -0.15) is 0 Å². The fourth-order valence-corrected chi connectivity index (χ4v) is 4.82. The molecule has 180 valence electrons. The minimum atomic E-state index is -3.96. The molecule has 0 atom stereocenters. The number of rotatable bonds is 11. The van der Waals surface area contributed by atoms with E-state index in [1.54, 1.807) is 31.4 Å². The minimum Gasteiger partial charge on any atom is -0.497 e. The zero-order chi connectivity index (χ0) is 24.6. The van der Waals surface area contributed by atoms with Gasteiger partial charge in [0.05, 0.1) is 24.8 Å². The zero-order valence-corrected chi connectivity index (χ0v) is 20.5. The number of amides is 1. The molecule has 0 bridgehead atoms. The minimum absolute atomic E-state index is 0.0844. The average molecular weight is 483 g/mol. The monoisotopic (exact) mass is 482 g/mol. The Morgan fingerprint density at radius 1 is 0.853 bits per heavy atom. The standard InChI is InChI=1S/C26H30N2O5S/c1-20-6-10-22(11-7-20)28(34(30,31)25-16-14-24(33-3)15-17-25)19-26(29)27-18-4-5-21-8-12-23(32-2)13-9-21/h6-17H,4-5,18-19H2,1-3H3,(H,27,29). The number of anilines is 1. The lowest BCUT2D eigenvalue weighted by molar-refractivity contribution is -0.119. The summed E-state index contributed by atoms with van der Waals surface area (Å²) in [6, 6.07) is 20.9. The van der Waals surface area contributed by atoms with Crippen LogP contribution >= 0.6 is 0 Å². The number of methoxy groups -OCH3 is 2. The van der Waals surface area contributed by atoms with Crippen LogP contribution in [0.25, 0.3) is 0 Å². The highest BCUT2D eigenvalue weighted by molar-refractivity contribution is 7.92. The molecule has 0 saturated carbocycles. The van der Waals surface area contributed by atoms with Crippen LogP contribution < -0.4 is 19.1 Å². The molecule has 0 radical (unpaired) electrons. The molecule has 0 aromatic heterocycles. The van der Waals surface area contributed by atoms with Crippen LogP contribution in [0.4, 0.5) is 5.69 Å². The average Bonchev–Trinajstić information content (AvgIpc) is 2.86. The Morgan fingerprint density at radius 2 is 1.41 bits per heavy atom. The maximum Gasteiger partial charge on any atom is 0.264 e. The first-order chi connectivity index (χ1) is 16.3. The van der Waals surface area contributed by atoms with Gasteiger partial charge in [0, 0.05) is 6.54 Å². The number of nitrogens with one attached hydrogen (secondary N) is 1. The van der Waals surface area contributed by atoms with Crippen LogP contribution in [0.15, 0.2) is 77.7 Å². The molecule has 0 unspecified atom stereocenters. The van der Waals surface area contributed by atoms with Crippen molar-refractivity contribution >= 4 is 21.6 Å². The largest absolute Gasteiger partial charge is 0.497 e. The van der Waals surface area contributed by atoms with Crippen molar-refractivity contribution in [3.05, 3.63) is 83.9 Å². The maximum absolute atomic E-state index is 13.4. The van der Waals surface area contributed by atoms with Gasteiger partial charge in [0.15, 0.2) is 0 Å². The molecule has 8 heteroatoms. The first-order valence-corrected chi connectivity index (χ1v) is 12.4. The number of carbonyl (C=O) groups is 1. The Balaban J connectivity index is 1.68. The third kappa shape index (κ3) is 6.51. The number of nitrogens with zero attached hydrogens (tertiary/aromatic N) is 1. The molecule has 0 aliphatic rings. The van der Waals surface area contributed by atoms with Crippen molar-refractivity contribution < 1.29 is 22.7 Å². The van der Waals surface area contributed by atoms with Gasteiger partial charge in [-0.3, -0.25) is 9.10 Å². The molecule has 0 saturated heterocycles. The fourth-order valence-electron chi connectivity index (χ4n) is 3.40. The molecular weight excluding hydrogens is 452 g/mol. The van der Waals surface area contributed by atoms with Crippen LogP contribution in [-0.4, -0.2) is 41.6 Å². The Hall–Kier alpha value is -3.52. The van der Waals surface area contributed by atoms with E-state index in [2.05, 4.69) is 5.32 Å². The van der Waals surface area contributed by atoms with Crippen LogP contribution in [0.5, 0.6) is 11.5 Å². The van der Waals surface area contributed by atoms with Crippen LogP contribution in [0.3, 0.4) is 0 Å². The molecule has 0 spiro atoms. The van der Waals surface area contributed by atoms with E-state index < -0.39 is 10.0 Å². The van der Waals surface area contributed by atoms with Gasteiger partial charge in [0.1, 0.15) is 18.0 Å². The topological polar surface area (TPSA) is 84.9 Å². The van der Waals surface area contributed by atoms with Crippen molar-refractivity contribution in [3.8, 4) is 11.5 Å². The van der Waals surface area contributed by atoms with Gasteiger partial charge in [-0.25, -0.2) is 8.42 Å². The molecule has 0 aliphatic heterocycles. The SMILES string of the molecule is COc1ccc(CCCNC(=O)CN(c2ccc(C)cc2)S(=O)(=O)c2ccc(OC)cc2)cc1. The number of hydrogen-bond acceptors (Lipinski definition) is 5. The molecular formula is C26H30N2O5S. The van der Waals surface area contributed by atoms with Crippen LogP contribution in [0, 0.1) is 6.92 Å². The molecule has 7 nitrogen and oxygen atoms in total. The van der Waals surface area contributed by atoms with Gasteiger partial charge in [0.25, 0.3) is 10.0 Å². The van der Waals surface area contributed by atoms with E-state index in [0.29, 0.717) is 18.0 Å². The Labute approximate surface area is 201 Å². The number of carbonyl (C=O) groups excluding carboxylic acids is 1. The number of benzene rings is 3. The van der Waals surface area contributed by atoms with Crippen LogP contribution in [-0.2, 0) is 21.2 Å². The third-order valence-corrected chi connectivity index (χ3v) is 7.17. The molecule has 3 rings (SSSR count). The molecule has 1 amide bonds. The van der Waals surface area contributed by atoms with Crippen molar-refractivity contribution in [1.29, 1.82) is 0 Å². The first kappa shape index (κ1) is 25.1. The van der Waals surface area contributed by atoms with Crippen molar-refractivity contribution in [2.24, 2.45) is 0 Å². The summed E-state index contributed by atoms with van der Waals surface area (Å²) in [6.07, 6.45) is 1.52. The fraction of sp³-hybridized carbons (Fsp3) is 0.269. The lowest BCUT2D eigenvalue weighted by Gasteiger charge is -2.24. The molecule has 0 aliphatic carbocycles. The van der Waals surface area contributed by atoms with Gasteiger partial charge in [-0.05, 0) is 73.9 Å². The number of hydrogen-bond donors (Lipinski definition) is 1. The Kier molecular flexibility index (Phi) is 8.54. The van der Waals surface area contributed by atoms with E-state index in [1.165, 1.54) is 19.2 Å². The van der Waals surface area contributed by atoms with Gasteiger partial charge in [-0.1, -0.05) is 29.8 Å². The smallest absolute Gasteiger partial charge is 0.264 e. The first-order valence-electron chi connectivity index (χ1n) is 11.0. The van der Waals surface area contributed by atoms with Gasteiger partial charge < -0.3 is 14.8 Å².